The number of unbranched alkanes of at least 4 members (excludes halogenated alkanes) is 1. The Morgan fingerprint density at radius 3 is 1.88 bits per heavy atom. The third-order valence-electron chi connectivity index (χ3n) is 12.2. The van der Waals surface area contributed by atoms with Gasteiger partial charge in [0.15, 0.2) is 5.96 Å². The maximum atomic E-state index is 14.4. The van der Waals surface area contributed by atoms with Crippen LogP contribution in [0.5, 0.6) is 5.75 Å². The van der Waals surface area contributed by atoms with Crippen LogP contribution >= 0.6 is 0 Å². The summed E-state index contributed by atoms with van der Waals surface area (Å²) in [5.74, 6) is -7.16. The monoisotopic (exact) mass is 959 g/mol. The van der Waals surface area contributed by atoms with Gasteiger partial charge in [0.25, 0.3) is 0 Å². The average molecular weight is 959 g/mol. The molecule has 1 aliphatic heterocycles. The van der Waals surface area contributed by atoms with E-state index in [0.29, 0.717) is 57.1 Å². The highest BCUT2D eigenvalue weighted by atomic mass is 16.4. The van der Waals surface area contributed by atoms with Crippen molar-refractivity contribution in [1.29, 1.82) is 0 Å². The number of nitrogens with two attached hydrogens (primary N) is 3. The lowest BCUT2D eigenvalue weighted by Crippen LogP contribution is -2.61. The van der Waals surface area contributed by atoms with Gasteiger partial charge >= 0.3 is 5.97 Å². The zero-order valence-electron chi connectivity index (χ0n) is 40.8. The predicted octanol–water partition coefficient (Wildman–Crippen LogP) is -0.931. The highest BCUT2D eigenvalue weighted by Gasteiger charge is 2.41. The lowest BCUT2D eigenvalue weighted by atomic mass is 9.96. The van der Waals surface area contributed by atoms with E-state index in [0.717, 1.165) is 0 Å². The molecule has 0 radical (unpaired) electrons. The first kappa shape index (κ1) is 58.1. The second-order valence-corrected chi connectivity index (χ2v) is 17.9. The summed E-state index contributed by atoms with van der Waals surface area (Å²) < 4.78 is 0. The Balaban J connectivity index is 2.45. The molecule has 382 valence electrons. The van der Waals surface area contributed by atoms with Crippen LogP contribution in [0.1, 0.15) is 105 Å². The fourth-order valence-electron chi connectivity index (χ4n) is 7.71. The summed E-state index contributed by atoms with van der Waals surface area (Å²) in [6.45, 7) is 11.1. The van der Waals surface area contributed by atoms with Crippen LogP contribution in [0.2, 0.25) is 0 Å². The number of guanidine groups is 1. The normalized spacial score (nSPS) is 17.0. The summed E-state index contributed by atoms with van der Waals surface area (Å²) in [4.78, 5) is 114. The van der Waals surface area contributed by atoms with Crippen LogP contribution in [-0.4, -0.2) is 144 Å². The number of carboxylic acid groups (broad SMARTS) is 1. The fourth-order valence-corrected chi connectivity index (χ4v) is 7.71. The molecule has 9 atom stereocenters. The number of aliphatic imine (C=N–C) groups is 1. The minimum atomic E-state index is -1.33. The molecule has 68 heavy (non-hydrogen) atoms. The lowest BCUT2D eigenvalue weighted by Gasteiger charge is -2.32. The first-order valence-corrected chi connectivity index (χ1v) is 23.7. The van der Waals surface area contributed by atoms with E-state index in [1.54, 1.807) is 46.9 Å². The summed E-state index contributed by atoms with van der Waals surface area (Å²) >= 11 is 0. The molecular weight excluding hydrogens is 881 g/mol. The maximum Gasteiger partial charge on any atom is 0.326 e. The smallest absolute Gasteiger partial charge is 0.326 e. The molecular formula is C46H78N12O10. The largest absolute Gasteiger partial charge is 0.508 e. The van der Waals surface area contributed by atoms with Gasteiger partial charge in [0.1, 0.15) is 48.0 Å². The van der Waals surface area contributed by atoms with Crippen LogP contribution in [-0.2, 0) is 44.8 Å². The third-order valence-corrected chi connectivity index (χ3v) is 12.2. The van der Waals surface area contributed by atoms with Gasteiger partial charge in [-0.25, -0.2) is 4.79 Å². The van der Waals surface area contributed by atoms with Crippen LogP contribution in [0.3, 0.4) is 0 Å². The van der Waals surface area contributed by atoms with Crippen molar-refractivity contribution in [1.82, 2.24) is 42.1 Å². The van der Waals surface area contributed by atoms with Gasteiger partial charge in [-0.3, -0.25) is 38.6 Å². The number of phenols is 1. The first-order valence-electron chi connectivity index (χ1n) is 23.7. The minimum Gasteiger partial charge on any atom is -0.508 e. The number of nitrogens with one attached hydrogen (secondary N) is 7. The van der Waals surface area contributed by atoms with E-state index < -0.39 is 101 Å². The molecule has 0 aliphatic carbocycles. The van der Waals surface area contributed by atoms with Crippen molar-refractivity contribution in [2.75, 3.05) is 33.2 Å². The molecule has 0 spiro atoms. The zero-order chi connectivity index (χ0) is 51.1. The molecule has 1 aliphatic rings. The van der Waals surface area contributed by atoms with Gasteiger partial charge in [-0.2, -0.15) is 0 Å². The van der Waals surface area contributed by atoms with Gasteiger partial charge in [-0.1, -0.05) is 66.5 Å². The average Bonchev–Trinajstić information content (AvgIpc) is 3.79. The standard InChI is InChI=1S/C46H78N12O10/c1-8-27(5)37(43(65)53-32(14-10-11-21-47)44(66)58-23-13-16-34(58)41(63)57-38(45(67)68)28(6)9-2)56-40(62)33(24-29-17-19-30(59)20-18-29)54-42(64)36(26(3)4)55-39(61)31(52-35(60)25-50-7)15-12-22-51-46(48)49/h17-20,26-28,31-34,36-38,50,59H,8-16,21-25,47H2,1-7H3,(H,52,60)(H,53,65)(H,54,64)(H,55,61)(H,56,62)(H,57,63)(H,67,68)(H4,48,49,51)/t27-,28-,31-,32-,33-,34-,36-,37-,38-/m0/s1. The molecule has 7 amide bonds. The Morgan fingerprint density at radius 1 is 0.735 bits per heavy atom. The number of hydrogen-bond acceptors (Lipinski definition) is 12. The van der Waals surface area contributed by atoms with Crippen molar-refractivity contribution in [3.8, 4) is 5.75 Å². The number of hydrogen-bond donors (Lipinski definition) is 12. The highest BCUT2D eigenvalue weighted by molar-refractivity contribution is 5.98. The van der Waals surface area contributed by atoms with Crippen molar-refractivity contribution in [3.05, 3.63) is 29.8 Å². The summed E-state index contributed by atoms with van der Waals surface area (Å²) in [6, 6.07) is -2.09. The fraction of sp³-hybridized carbons (Fsp3) is 0.674. The van der Waals surface area contributed by atoms with Crippen molar-refractivity contribution in [3.63, 3.8) is 0 Å². The van der Waals surface area contributed by atoms with E-state index in [2.05, 4.69) is 42.2 Å². The molecule has 0 saturated carbocycles. The van der Waals surface area contributed by atoms with Crippen LogP contribution in [0.15, 0.2) is 29.3 Å². The molecule has 0 unspecified atom stereocenters. The number of likely N-dealkylation sites (tertiary alicyclic amines) is 1. The number of likely N-dealkylation sites (N-methyl/N-ethyl adjacent to an activating group) is 1. The van der Waals surface area contributed by atoms with E-state index in [9.17, 15) is 48.6 Å². The van der Waals surface area contributed by atoms with Gasteiger partial charge in [0.2, 0.25) is 41.4 Å². The number of aromatic hydroxyl groups is 1. The Morgan fingerprint density at radius 2 is 1.31 bits per heavy atom. The molecule has 1 fully saturated rings. The van der Waals surface area contributed by atoms with E-state index >= 15 is 0 Å². The van der Waals surface area contributed by atoms with Crippen molar-refractivity contribution < 1.29 is 48.6 Å². The summed E-state index contributed by atoms with van der Waals surface area (Å²) in [5.41, 5.74) is 17.2. The van der Waals surface area contributed by atoms with Crippen LogP contribution in [0.25, 0.3) is 0 Å². The first-order chi connectivity index (χ1) is 32.2. The summed E-state index contributed by atoms with van der Waals surface area (Å²) in [7, 11) is 1.57. The molecule has 1 saturated heterocycles. The molecule has 1 heterocycles. The second-order valence-electron chi connectivity index (χ2n) is 17.9. The topological polar surface area (TPSA) is 355 Å². The lowest BCUT2D eigenvalue weighted by molar-refractivity contribution is -0.146. The van der Waals surface area contributed by atoms with Gasteiger partial charge in [0, 0.05) is 19.5 Å². The summed E-state index contributed by atoms with van der Waals surface area (Å²) in [6.07, 6.45) is 3.18. The van der Waals surface area contributed by atoms with Crippen molar-refractivity contribution >= 4 is 53.3 Å². The number of carbonyl (C=O) groups is 8. The molecule has 0 aromatic heterocycles. The van der Waals surface area contributed by atoms with E-state index in [1.807, 2.05) is 13.8 Å². The van der Waals surface area contributed by atoms with Crippen molar-refractivity contribution in [2.45, 2.75) is 148 Å². The number of amides is 7. The zero-order valence-corrected chi connectivity index (χ0v) is 40.8. The van der Waals surface area contributed by atoms with Gasteiger partial charge < -0.3 is 69.5 Å². The van der Waals surface area contributed by atoms with Crippen LogP contribution in [0, 0.1) is 17.8 Å². The van der Waals surface area contributed by atoms with Crippen LogP contribution in [0.4, 0.5) is 0 Å². The molecule has 22 nitrogen and oxygen atoms in total. The van der Waals surface area contributed by atoms with Gasteiger partial charge in [-0.15, -0.1) is 0 Å². The number of carboxylic acids is 1. The van der Waals surface area contributed by atoms with E-state index in [4.69, 9.17) is 17.2 Å². The van der Waals surface area contributed by atoms with Gasteiger partial charge in [-0.05, 0) is 94.0 Å². The molecule has 2 rings (SSSR count). The van der Waals surface area contributed by atoms with E-state index in [1.165, 1.54) is 17.0 Å². The summed E-state index contributed by atoms with van der Waals surface area (Å²) in [5, 5.41) is 38.9. The second kappa shape index (κ2) is 29.7. The SMILES string of the molecule is CC[C@H](C)[C@H](NC(=O)[C@@H]1CCCN1C(=O)[C@H](CCCCN)NC(=O)[C@@H](NC(=O)[C@H](Cc1ccc(O)cc1)NC(=O)[C@@H](NC(=O)[C@H](CCCN=C(N)N)NC(=O)CNC)C(C)C)[C@@H](C)CC)C(=O)O. The number of benzene rings is 1. The van der Waals surface area contributed by atoms with Crippen LogP contribution < -0.4 is 54.4 Å². The number of carbonyl (C=O) groups excluding carboxylic acids is 7. The Labute approximate surface area is 399 Å². The predicted molar refractivity (Wildman–Crippen MR) is 256 cm³/mol. The highest BCUT2D eigenvalue weighted by Crippen LogP contribution is 2.22. The number of phenolic OH excluding ortho intramolecular Hbond substituents is 1. The molecule has 1 aromatic carbocycles. The Kier molecular flexibility index (Phi) is 25.3. The Bertz CT molecular complexity index is 1860. The molecule has 22 heteroatoms. The number of nitrogens with zero attached hydrogens (tertiary/aromatic N) is 2. The maximum absolute atomic E-state index is 14.4. The van der Waals surface area contributed by atoms with Crippen molar-refractivity contribution in [2.24, 2.45) is 39.9 Å². The third kappa shape index (κ3) is 18.9. The van der Waals surface area contributed by atoms with E-state index in [-0.39, 0.29) is 56.5 Å². The number of rotatable bonds is 30. The minimum absolute atomic E-state index is 0.0310. The molecule has 15 N–H and O–H groups in total. The molecule has 0 bridgehead atoms. The quantitative estimate of drug-likeness (QED) is 0.0252. The molecule has 1 aromatic rings. The number of aliphatic carboxylic acids is 1. The Hall–Kier alpha value is -6.03. The van der Waals surface area contributed by atoms with Gasteiger partial charge in [0.05, 0.1) is 6.54 Å².